The van der Waals surface area contributed by atoms with Gasteiger partial charge in [0.25, 0.3) is 0 Å². The predicted octanol–water partition coefficient (Wildman–Crippen LogP) is 14.5. The Labute approximate surface area is 346 Å². The third-order valence-electron chi connectivity index (χ3n) is 11.9. The van der Waals surface area contributed by atoms with Crippen molar-refractivity contribution in [1.82, 2.24) is 4.57 Å². The Morgan fingerprint density at radius 3 is 1.95 bits per heavy atom. The van der Waals surface area contributed by atoms with Crippen LogP contribution in [0.1, 0.15) is 16.7 Å². The lowest BCUT2D eigenvalue weighted by Crippen LogP contribution is -2.07. The SMILES string of the molecule is C=C1C=C(c2cc3c(cc2-n2c4ccccc4c4cc5ccccc5cc42)oc2ccccc23)N=C(c2cccc3ccccc23)N=C1c1cccc(-c2ccccc2)c1. The molecule has 1 aliphatic heterocycles. The van der Waals surface area contributed by atoms with Crippen molar-refractivity contribution in [3.8, 4) is 16.8 Å². The maximum atomic E-state index is 6.63. The molecule has 60 heavy (non-hydrogen) atoms. The molecule has 2 aromatic heterocycles. The van der Waals surface area contributed by atoms with Gasteiger partial charge >= 0.3 is 0 Å². The number of hydrogen-bond acceptors (Lipinski definition) is 3. The summed E-state index contributed by atoms with van der Waals surface area (Å²) in [6, 6.07) is 68.4. The number of amidine groups is 1. The van der Waals surface area contributed by atoms with Crippen LogP contribution in [0, 0.1) is 0 Å². The van der Waals surface area contributed by atoms with Crippen LogP contribution in [-0.4, -0.2) is 16.1 Å². The Kier molecular flexibility index (Phi) is 7.66. The summed E-state index contributed by atoms with van der Waals surface area (Å²) in [5.74, 6) is 0.619. The van der Waals surface area contributed by atoms with Gasteiger partial charge in [-0.15, -0.1) is 0 Å². The summed E-state index contributed by atoms with van der Waals surface area (Å²) >= 11 is 0. The molecule has 0 saturated carbocycles. The summed E-state index contributed by atoms with van der Waals surface area (Å²) in [5.41, 5.74) is 12.2. The van der Waals surface area contributed by atoms with E-state index in [1.807, 2.05) is 18.2 Å². The Morgan fingerprint density at radius 1 is 0.417 bits per heavy atom. The summed E-state index contributed by atoms with van der Waals surface area (Å²) in [4.78, 5) is 11.1. The normalized spacial score (nSPS) is 13.3. The quantitative estimate of drug-likeness (QED) is 0.172. The van der Waals surface area contributed by atoms with E-state index >= 15 is 0 Å². The van der Waals surface area contributed by atoms with Crippen LogP contribution in [0.3, 0.4) is 0 Å². The van der Waals surface area contributed by atoms with E-state index in [1.54, 1.807) is 0 Å². The van der Waals surface area contributed by atoms with E-state index in [2.05, 4.69) is 187 Å². The average Bonchev–Trinajstić information content (AvgIpc) is 3.76. The van der Waals surface area contributed by atoms with Gasteiger partial charge in [0.15, 0.2) is 5.84 Å². The molecule has 4 nitrogen and oxygen atoms in total. The van der Waals surface area contributed by atoms with Gasteiger partial charge in [-0.05, 0) is 80.7 Å². The molecule has 1 aliphatic rings. The highest BCUT2D eigenvalue weighted by molar-refractivity contribution is 6.25. The van der Waals surface area contributed by atoms with Crippen LogP contribution in [0.4, 0.5) is 0 Å². The smallest absolute Gasteiger partial charge is 0.161 e. The number of nitrogens with zero attached hydrogens (tertiary/aromatic N) is 3. The van der Waals surface area contributed by atoms with E-state index in [1.165, 1.54) is 21.5 Å². The summed E-state index contributed by atoms with van der Waals surface area (Å²) in [5, 5.41) is 9.01. The zero-order valence-electron chi connectivity index (χ0n) is 32.5. The van der Waals surface area contributed by atoms with E-state index in [9.17, 15) is 0 Å². The molecule has 12 rings (SSSR count). The molecule has 9 aromatic carbocycles. The molecule has 280 valence electrons. The molecular formula is C56H35N3O. The van der Waals surface area contributed by atoms with Crippen LogP contribution in [0.25, 0.3) is 87.8 Å². The Bertz CT molecular complexity index is 3670. The van der Waals surface area contributed by atoms with E-state index in [0.29, 0.717) is 5.84 Å². The second kappa shape index (κ2) is 13.5. The third kappa shape index (κ3) is 5.46. The topological polar surface area (TPSA) is 42.8 Å². The van der Waals surface area contributed by atoms with Gasteiger partial charge in [0.05, 0.1) is 28.1 Å². The number of hydrogen-bond donors (Lipinski definition) is 0. The molecule has 11 aromatic rings. The molecule has 3 heterocycles. The monoisotopic (exact) mass is 765 g/mol. The minimum absolute atomic E-state index is 0.619. The van der Waals surface area contributed by atoms with Crippen molar-refractivity contribution in [2.45, 2.75) is 0 Å². The van der Waals surface area contributed by atoms with Crippen LogP contribution in [0.5, 0.6) is 0 Å². The standard InChI is InChI=1S/C56H35N3O/c1-35-29-49(57-56(45-26-14-20-37-17-7-8-23-42(37)45)58-55(35)41-22-13-21-38(30-41)36-15-3-2-4-16-36)48-33-47-44-25-10-12-28-53(44)60-54(47)34-52(48)59-50-27-11-9-24-43(50)46-31-39-18-5-6-19-40(39)32-51(46)59/h2-34H,1H2. The fraction of sp³-hybridized carbons (Fsp3) is 0. The lowest BCUT2D eigenvalue weighted by atomic mass is 9.96. The molecule has 0 aliphatic carbocycles. The number of aliphatic imine (C=N–C) groups is 2. The van der Waals surface area contributed by atoms with Crippen LogP contribution in [0.15, 0.2) is 227 Å². The number of benzene rings is 9. The van der Waals surface area contributed by atoms with Gasteiger partial charge in [-0.3, -0.25) is 0 Å². The largest absolute Gasteiger partial charge is 0.456 e. The number of para-hydroxylation sites is 2. The van der Waals surface area contributed by atoms with Gasteiger partial charge < -0.3 is 8.98 Å². The minimum Gasteiger partial charge on any atom is -0.456 e. The molecule has 0 unspecified atom stereocenters. The molecule has 4 heteroatoms. The predicted molar refractivity (Wildman–Crippen MR) is 252 cm³/mol. The number of furan rings is 1. The highest BCUT2D eigenvalue weighted by Crippen LogP contribution is 2.42. The van der Waals surface area contributed by atoms with Gasteiger partial charge in [0, 0.05) is 44.3 Å². The van der Waals surface area contributed by atoms with Gasteiger partial charge in [0.2, 0.25) is 0 Å². The second-order valence-corrected chi connectivity index (χ2v) is 15.5. The molecule has 0 radical (unpaired) electrons. The highest BCUT2D eigenvalue weighted by atomic mass is 16.3. The van der Waals surface area contributed by atoms with Crippen molar-refractivity contribution >= 4 is 82.5 Å². The number of aromatic nitrogens is 1. The number of rotatable bonds is 5. The van der Waals surface area contributed by atoms with Crippen molar-refractivity contribution in [2.24, 2.45) is 9.98 Å². The minimum atomic E-state index is 0.619. The molecule has 0 saturated heterocycles. The molecule has 0 fully saturated rings. The first-order chi connectivity index (χ1) is 29.6. The Morgan fingerprint density at radius 2 is 1.08 bits per heavy atom. The fourth-order valence-electron chi connectivity index (χ4n) is 9.05. The first kappa shape index (κ1) is 34.0. The highest BCUT2D eigenvalue weighted by Gasteiger charge is 2.24. The van der Waals surface area contributed by atoms with Crippen LogP contribution in [-0.2, 0) is 0 Å². The van der Waals surface area contributed by atoms with Gasteiger partial charge in [-0.2, -0.15) is 0 Å². The second-order valence-electron chi connectivity index (χ2n) is 15.5. The van der Waals surface area contributed by atoms with Crippen LogP contribution >= 0.6 is 0 Å². The van der Waals surface area contributed by atoms with E-state index in [4.69, 9.17) is 21.0 Å². The van der Waals surface area contributed by atoms with Crippen LogP contribution < -0.4 is 0 Å². The lowest BCUT2D eigenvalue weighted by molar-refractivity contribution is 0.668. The Balaban J connectivity index is 1.16. The summed E-state index contributed by atoms with van der Waals surface area (Å²) in [7, 11) is 0. The average molecular weight is 766 g/mol. The van der Waals surface area contributed by atoms with E-state index < -0.39 is 0 Å². The van der Waals surface area contributed by atoms with Crippen molar-refractivity contribution in [3.05, 3.63) is 229 Å². The molecule has 0 spiro atoms. The van der Waals surface area contributed by atoms with Crippen LogP contribution in [0.2, 0.25) is 0 Å². The van der Waals surface area contributed by atoms with Crippen molar-refractivity contribution in [1.29, 1.82) is 0 Å². The zero-order chi connectivity index (χ0) is 39.7. The van der Waals surface area contributed by atoms with Gasteiger partial charge in [-0.1, -0.05) is 158 Å². The van der Waals surface area contributed by atoms with Gasteiger partial charge in [0.1, 0.15) is 11.2 Å². The Hall–Kier alpha value is -8.08. The summed E-state index contributed by atoms with van der Waals surface area (Å²) < 4.78 is 9.01. The third-order valence-corrected chi connectivity index (χ3v) is 11.9. The van der Waals surface area contributed by atoms with Crippen molar-refractivity contribution < 1.29 is 4.42 Å². The lowest BCUT2D eigenvalue weighted by Gasteiger charge is -2.15. The van der Waals surface area contributed by atoms with E-state index in [0.717, 1.165) is 94.2 Å². The van der Waals surface area contributed by atoms with E-state index in [-0.39, 0.29) is 0 Å². The zero-order valence-corrected chi connectivity index (χ0v) is 32.5. The molecule has 0 amide bonds. The molecular weight excluding hydrogens is 731 g/mol. The summed E-state index contributed by atoms with van der Waals surface area (Å²) in [6.45, 7) is 4.72. The molecule has 0 bridgehead atoms. The fourth-order valence-corrected chi connectivity index (χ4v) is 9.05. The first-order valence-corrected chi connectivity index (χ1v) is 20.2. The number of fused-ring (bicyclic) bond motifs is 8. The maximum absolute atomic E-state index is 6.63. The van der Waals surface area contributed by atoms with Crippen molar-refractivity contribution in [3.63, 3.8) is 0 Å². The molecule has 0 atom stereocenters. The summed E-state index contributed by atoms with van der Waals surface area (Å²) in [6.07, 6.45) is 2.11. The molecule has 0 N–H and O–H groups in total. The first-order valence-electron chi connectivity index (χ1n) is 20.2. The van der Waals surface area contributed by atoms with Crippen molar-refractivity contribution in [2.75, 3.05) is 0 Å². The number of allylic oxidation sites excluding steroid dienone is 2. The maximum Gasteiger partial charge on any atom is 0.161 e. The van der Waals surface area contributed by atoms with Gasteiger partial charge in [-0.25, -0.2) is 9.98 Å².